The van der Waals surface area contributed by atoms with Gasteiger partial charge in [0.25, 0.3) is 0 Å². The summed E-state index contributed by atoms with van der Waals surface area (Å²) in [5.41, 5.74) is 7.42. The maximum atomic E-state index is 11.3. The molecule has 4 aromatic carbocycles. The lowest BCUT2D eigenvalue weighted by Gasteiger charge is -2.28. The molecule has 5 rings (SSSR count). The molecule has 1 heterocycles. The zero-order valence-corrected chi connectivity index (χ0v) is 35.1. The molecule has 8 nitrogen and oxygen atoms in total. The summed E-state index contributed by atoms with van der Waals surface area (Å²) in [7, 11) is 1.91. The Morgan fingerprint density at radius 3 is 1.22 bits per heavy atom. The summed E-state index contributed by atoms with van der Waals surface area (Å²) < 4.78 is 12.7. The van der Waals surface area contributed by atoms with E-state index in [9.17, 15) is 10.2 Å². The van der Waals surface area contributed by atoms with Crippen LogP contribution < -0.4 is 14.4 Å². The second-order valence-corrected chi connectivity index (χ2v) is 18.7. The monoisotopic (exact) mass is 744 g/mol. The molecule has 0 amide bonds. The van der Waals surface area contributed by atoms with E-state index >= 15 is 0 Å². The Kier molecular flexibility index (Phi) is 11.6. The van der Waals surface area contributed by atoms with Crippen molar-refractivity contribution in [3.8, 4) is 23.5 Å². The zero-order valence-electron chi connectivity index (χ0n) is 35.1. The number of hydrogen-bond acceptors (Lipinski definition) is 8. The minimum atomic E-state index is -0.283. The molecule has 0 aliphatic carbocycles. The Morgan fingerprint density at radius 1 is 0.491 bits per heavy atom. The van der Waals surface area contributed by atoms with Crippen molar-refractivity contribution in [2.24, 2.45) is 0 Å². The van der Waals surface area contributed by atoms with Gasteiger partial charge in [0.15, 0.2) is 0 Å². The van der Waals surface area contributed by atoms with Crippen LogP contribution in [0.25, 0.3) is 0 Å². The summed E-state index contributed by atoms with van der Waals surface area (Å²) in [5, 5.41) is 22.6. The van der Waals surface area contributed by atoms with Gasteiger partial charge in [-0.05, 0) is 109 Å². The second-order valence-electron chi connectivity index (χ2n) is 18.7. The van der Waals surface area contributed by atoms with E-state index < -0.39 is 0 Å². The van der Waals surface area contributed by atoms with Gasteiger partial charge in [0.2, 0.25) is 5.95 Å². The van der Waals surface area contributed by atoms with Crippen molar-refractivity contribution in [3.63, 3.8) is 0 Å². The molecule has 0 unspecified atom stereocenters. The van der Waals surface area contributed by atoms with Crippen LogP contribution in [0.5, 0.6) is 23.5 Å². The molecule has 1 aromatic heterocycles. The van der Waals surface area contributed by atoms with Gasteiger partial charge in [0, 0.05) is 12.7 Å². The van der Waals surface area contributed by atoms with E-state index in [2.05, 4.69) is 137 Å². The number of phenols is 2. The summed E-state index contributed by atoms with van der Waals surface area (Å²) in [5.74, 6) is 0.997. The number of nitrogens with zero attached hydrogens (tertiary/aromatic N) is 4. The smallest absolute Gasteiger partial charge is 0.324 e. The standard InChI is InChI=1S/C47H60N4O4/c1-44(2,3)35-24-32(25-36(39(35)52)45(4,5)6)28-54-42-48-41(51(13)34-21-19-31(20-22-34)23-30-17-15-14-16-18-30)49-43(50-42)55-29-33-26-37(46(7,8)9)40(53)38(27-33)47(10,11)12/h14-22,24-27,52-53H,23,28-29H2,1-13H3. The fourth-order valence-electron chi connectivity index (χ4n) is 6.53. The van der Waals surface area contributed by atoms with Gasteiger partial charge in [0.05, 0.1) is 0 Å². The summed E-state index contributed by atoms with van der Waals surface area (Å²) in [4.78, 5) is 16.0. The van der Waals surface area contributed by atoms with Crippen molar-refractivity contribution in [1.29, 1.82) is 0 Å². The molecule has 0 saturated carbocycles. The predicted octanol–water partition coefficient (Wildman–Crippen LogP) is 11.0. The molecule has 0 aliphatic heterocycles. The average molecular weight is 745 g/mol. The van der Waals surface area contributed by atoms with Crippen molar-refractivity contribution < 1.29 is 19.7 Å². The Morgan fingerprint density at radius 2 is 0.855 bits per heavy atom. The third kappa shape index (κ3) is 10.2. The van der Waals surface area contributed by atoms with Gasteiger partial charge in [0.1, 0.15) is 24.7 Å². The Labute approximate surface area is 328 Å². The maximum absolute atomic E-state index is 11.3. The van der Waals surface area contributed by atoms with Gasteiger partial charge in [-0.1, -0.05) is 126 Å². The van der Waals surface area contributed by atoms with Crippen molar-refractivity contribution in [1.82, 2.24) is 15.0 Å². The highest BCUT2D eigenvalue weighted by atomic mass is 16.5. The molecule has 0 radical (unpaired) electrons. The number of aromatic hydroxyl groups is 2. The minimum Gasteiger partial charge on any atom is -0.507 e. The van der Waals surface area contributed by atoms with Gasteiger partial charge in [-0.3, -0.25) is 0 Å². The number of hydrogen-bond donors (Lipinski definition) is 2. The quantitative estimate of drug-likeness (QED) is 0.146. The molecule has 5 aromatic rings. The molecule has 8 heteroatoms. The first kappa shape index (κ1) is 41.1. The van der Waals surface area contributed by atoms with Crippen LogP contribution in [-0.2, 0) is 41.3 Å². The third-order valence-electron chi connectivity index (χ3n) is 9.76. The highest BCUT2D eigenvalue weighted by molar-refractivity contribution is 5.57. The number of aromatic nitrogens is 3. The molecule has 55 heavy (non-hydrogen) atoms. The normalized spacial score (nSPS) is 12.5. The van der Waals surface area contributed by atoms with E-state index in [0.29, 0.717) is 17.4 Å². The van der Waals surface area contributed by atoms with Crippen molar-refractivity contribution in [3.05, 3.63) is 123 Å². The van der Waals surface area contributed by atoms with Gasteiger partial charge < -0.3 is 24.6 Å². The molecule has 292 valence electrons. The summed E-state index contributed by atoms with van der Waals surface area (Å²) in [6.07, 6.45) is 0.836. The van der Waals surface area contributed by atoms with E-state index in [4.69, 9.17) is 19.4 Å². The summed E-state index contributed by atoms with van der Waals surface area (Å²) in [6.45, 7) is 25.4. The lowest BCUT2D eigenvalue weighted by Crippen LogP contribution is -2.19. The topological polar surface area (TPSA) is 101 Å². The number of ether oxygens (including phenoxy) is 2. The van der Waals surface area contributed by atoms with E-state index in [0.717, 1.165) is 45.5 Å². The van der Waals surface area contributed by atoms with Crippen LogP contribution >= 0.6 is 0 Å². The lowest BCUT2D eigenvalue weighted by molar-refractivity contribution is 0.249. The second kappa shape index (κ2) is 15.6. The first-order chi connectivity index (χ1) is 25.5. The number of phenolic OH excluding ortho intramolecular Hbond substituents is 2. The first-order valence-corrected chi connectivity index (χ1v) is 19.1. The van der Waals surface area contributed by atoms with E-state index in [1.54, 1.807) is 0 Å². The molecule has 0 saturated heterocycles. The largest absolute Gasteiger partial charge is 0.507 e. The Bertz CT molecular complexity index is 1930. The van der Waals surface area contributed by atoms with Gasteiger partial charge >= 0.3 is 12.0 Å². The molecular formula is C47H60N4O4. The highest BCUT2D eigenvalue weighted by Gasteiger charge is 2.28. The van der Waals surface area contributed by atoms with Gasteiger partial charge in [-0.25, -0.2) is 0 Å². The fourth-order valence-corrected chi connectivity index (χ4v) is 6.53. The van der Waals surface area contributed by atoms with Crippen LogP contribution in [0.1, 0.15) is 128 Å². The van der Waals surface area contributed by atoms with Crippen LogP contribution in [0, 0.1) is 0 Å². The van der Waals surface area contributed by atoms with Crippen LogP contribution in [0.3, 0.4) is 0 Å². The Hall–Kier alpha value is -5.11. The van der Waals surface area contributed by atoms with E-state index in [-0.39, 0.29) is 46.9 Å². The van der Waals surface area contributed by atoms with Crippen molar-refractivity contribution in [2.75, 3.05) is 11.9 Å². The number of benzene rings is 4. The predicted molar refractivity (Wildman–Crippen MR) is 223 cm³/mol. The minimum absolute atomic E-state index is 0.117. The lowest BCUT2D eigenvalue weighted by atomic mass is 9.78. The summed E-state index contributed by atoms with van der Waals surface area (Å²) >= 11 is 0. The number of rotatable bonds is 10. The number of anilines is 2. The third-order valence-corrected chi connectivity index (χ3v) is 9.76. The SMILES string of the molecule is CN(c1ccc(Cc2ccccc2)cc1)c1nc(OCc2cc(C(C)(C)C)c(O)c(C(C)(C)C)c2)nc(OCc2cc(C(C)(C)C)c(O)c(C(C)(C)C)c2)n1. The molecule has 0 spiro atoms. The molecule has 2 N–H and O–H groups in total. The van der Waals surface area contributed by atoms with Crippen LogP contribution in [0.15, 0.2) is 78.9 Å². The maximum Gasteiger partial charge on any atom is 0.324 e. The van der Waals surface area contributed by atoms with E-state index in [1.807, 2.05) is 42.3 Å². The molecular weight excluding hydrogens is 685 g/mol. The van der Waals surface area contributed by atoms with Gasteiger partial charge in [-0.2, -0.15) is 9.97 Å². The molecule has 0 atom stereocenters. The van der Waals surface area contributed by atoms with Crippen LogP contribution in [0.2, 0.25) is 0 Å². The average Bonchev–Trinajstić information content (AvgIpc) is 3.09. The molecule has 0 aliphatic rings. The Balaban J connectivity index is 1.50. The molecule has 0 bridgehead atoms. The van der Waals surface area contributed by atoms with Crippen molar-refractivity contribution in [2.45, 2.75) is 124 Å². The zero-order chi connectivity index (χ0) is 40.5. The molecule has 0 fully saturated rings. The van der Waals surface area contributed by atoms with Crippen LogP contribution in [0.4, 0.5) is 11.6 Å². The summed E-state index contributed by atoms with van der Waals surface area (Å²) in [6, 6.07) is 27.0. The van der Waals surface area contributed by atoms with Crippen LogP contribution in [-0.4, -0.2) is 32.2 Å². The van der Waals surface area contributed by atoms with E-state index in [1.165, 1.54) is 11.1 Å². The fraction of sp³-hybridized carbons (Fsp3) is 0.426. The first-order valence-electron chi connectivity index (χ1n) is 19.1. The van der Waals surface area contributed by atoms with Crippen molar-refractivity contribution >= 4 is 11.6 Å². The van der Waals surface area contributed by atoms with Gasteiger partial charge in [-0.15, -0.1) is 4.98 Å². The highest BCUT2D eigenvalue weighted by Crippen LogP contribution is 2.41.